The molecule has 2 N–H and O–H groups in total. The Bertz CT molecular complexity index is 353. The van der Waals surface area contributed by atoms with Gasteiger partial charge in [-0.2, -0.15) is 0 Å². The van der Waals surface area contributed by atoms with E-state index in [0.29, 0.717) is 12.1 Å². The first-order valence-electron chi connectivity index (χ1n) is 4.96. The van der Waals surface area contributed by atoms with E-state index >= 15 is 0 Å². The molecule has 1 aromatic rings. The first-order chi connectivity index (χ1) is 6.88. The molecule has 0 aliphatic heterocycles. The van der Waals surface area contributed by atoms with Crippen molar-refractivity contribution in [2.75, 3.05) is 6.54 Å². The normalized spacial score (nSPS) is 11.1. The Labute approximate surface area is 90.1 Å². The minimum Gasteiger partial charge on any atom is -0.508 e. The molecule has 0 aliphatic rings. The molecule has 82 valence electrons. The zero-order valence-electron chi connectivity index (χ0n) is 9.37. The highest BCUT2D eigenvalue weighted by atomic mass is 16.3. The van der Waals surface area contributed by atoms with Crippen molar-refractivity contribution in [1.82, 2.24) is 5.32 Å². The third kappa shape index (κ3) is 4.02. The second kappa shape index (κ2) is 4.34. The fourth-order valence-electron chi connectivity index (χ4n) is 1.09. The number of carbonyl (C=O) groups excluding carboxylic acids is 1. The molecule has 0 saturated carbocycles. The van der Waals surface area contributed by atoms with Gasteiger partial charge in [-0.3, -0.25) is 4.79 Å². The molecule has 0 bridgehead atoms. The van der Waals surface area contributed by atoms with E-state index in [9.17, 15) is 9.90 Å². The third-order valence-corrected chi connectivity index (χ3v) is 1.89. The van der Waals surface area contributed by atoms with Gasteiger partial charge in [0.2, 0.25) is 0 Å². The van der Waals surface area contributed by atoms with E-state index < -0.39 is 0 Å². The first-order valence-corrected chi connectivity index (χ1v) is 4.96. The summed E-state index contributed by atoms with van der Waals surface area (Å²) in [5.74, 6) is -0.0424. The number of benzene rings is 1. The summed E-state index contributed by atoms with van der Waals surface area (Å²) in [5, 5.41) is 12.0. The Kier molecular flexibility index (Phi) is 3.35. The number of carbonyl (C=O) groups is 1. The van der Waals surface area contributed by atoms with E-state index in [1.165, 1.54) is 6.07 Å². The lowest BCUT2D eigenvalue weighted by molar-refractivity contribution is 0.0939. The lowest BCUT2D eigenvalue weighted by Gasteiger charge is -2.18. The molecule has 15 heavy (non-hydrogen) atoms. The Morgan fingerprint density at radius 3 is 2.60 bits per heavy atom. The van der Waals surface area contributed by atoms with Gasteiger partial charge < -0.3 is 10.4 Å². The predicted molar refractivity (Wildman–Crippen MR) is 59.9 cm³/mol. The molecule has 1 amide bonds. The molecule has 3 heteroatoms. The summed E-state index contributed by atoms with van der Waals surface area (Å²) in [7, 11) is 0. The lowest BCUT2D eigenvalue weighted by atomic mass is 9.97. The van der Waals surface area contributed by atoms with E-state index in [0.717, 1.165) is 0 Å². The average molecular weight is 207 g/mol. The van der Waals surface area contributed by atoms with Crippen LogP contribution in [0.4, 0.5) is 0 Å². The second-order valence-corrected chi connectivity index (χ2v) is 4.79. The van der Waals surface area contributed by atoms with Gasteiger partial charge in [-0.15, -0.1) is 0 Å². The fourth-order valence-corrected chi connectivity index (χ4v) is 1.09. The summed E-state index contributed by atoms with van der Waals surface area (Å²) < 4.78 is 0. The van der Waals surface area contributed by atoms with Crippen molar-refractivity contribution in [3.05, 3.63) is 29.8 Å². The molecule has 3 nitrogen and oxygen atoms in total. The van der Waals surface area contributed by atoms with E-state index in [2.05, 4.69) is 26.1 Å². The largest absolute Gasteiger partial charge is 0.508 e. The van der Waals surface area contributed by atoms with E-state index in [1.54, 1.807) is 18.2 Å². The number of hydrogen-bond acceptors (Lipinski definition) is 2. The van der Waals surface area contributed by atoms with Gasteiger partial charge in [0.05, 0.1) is 0 Å². The molecular formula is C12H17NO2. The molecule has 0 spiro atoms. The molecule has 0 saturated heterocycles. The molecule has 1 rings (SSSR count). The Morgan fingerprint density at radius 2 is 2.07 bits per heavy atom. The zero-order valence-corrected chi connectivity index (χ0v) is 9.37. The number of phenols is 1. The standard InChI is InChI=1S/C12H17NO2/c1-12(2,3)8-13-11(15)9-5-4-6-10(14)7-9/h4-7,14H,8H2,1-3H3,(H,13,15). The molecule has 0 aromatic heterocycles. The van der Waals surface area contributed by atoms with Crippen LogP contribution in [0.2, 0.25) is 0 Å². The number of phenolic OH excluding ortho intramolecular Hbond substituents is 1. The van der Waals surface area contributed by atoms with Crippen molar-refractivity contribution in [1.29, 1.82) is 0 Å². The molecule has 0 unspecified atom stereocenters. The Morgan fingerprint density at radius 1 is 1.40 bits per heavy atom. The minimum atomic E-state index is -0.152. The highest BCUT2D eigenvalue weighted by molar-refractivity contribution is 5.94. The number of rotatable bonds is 2. The van der Waals surface area contributed by atoms with Crippen LogP contribution in [0, 0.1) is 5.41 Å². The van der Waals surface area contributed by atoms with Gasteiger partial charge in [-0.1, -0.05) is 26.8 Å². The summed E-state index contributed by atoms with van der Waals surface area (Å²) in [6.45, 7) is 6.77. The van der Waals surface area contributed by atoms with Gasteiger partial charge in [0.15, 0.2) is 0 Å². The number of nitrogens with one attached hydrogen (secondary N) is 1. The van der Waals surface area contributed by atoms with Crippen LogP contribution in [-0.4, -0.2) is 17.6 Å². The predicted octanol–water partition coefficient (Wildman–Crippen LogP) is 2.17. The van der Waals surface area contributed by atoms with Crippen molar-refractivity contribution < 1.29 is 9.90 Å². The fraction of sp³-hybridized carbons (Fsp3) is 0.417. The van der Waals surface area contributed by atoms with Crippen LogP contribution >= 0.6 is 0 Å². The summed E-state index contributed by atoms with van der Waals surface area (Å²) >= 11 is 0. The maximum atomic E-state index is 11.6. The van der Waals surface area contributed by atoms with Gasteiger partial charge in [0, 0.05) is 12.1 Å². The second-order valence-electron chi connectivity index (χ2n) is 4.79. The summed E-state index contributed by atoms with van der Waals surface area (Å²) in [4.78, 5) is 11.6. The quantitative estimate of drug-likeness (QED) is 0.780. The van der Waals surface area contributed by atoms with Crippen LogP contribution < -0.4 is 5.32 Å². The van der Waals surface area contributed by atoms with E-state index in [-0.39, 0.29) is 17.1 Å². The maximum Gasteiger partial charge on any atom is 0.251 e. The van der Waals surface area contributed by atoms with Gasteiger partial charge >= 0.3 is 0 Å². The monoisotopic (exact) mass is 207 g/mol. The SMILES string of the molecule is CC(C)(C)CNC(=O)c1cccc(O)c1. The topological polar surface area (TPSA) is 49.3 Å². The maximum absolute atomic E-state index is 11.6. The van der Waals surface area contributed by atoms with Gasteiger partial charge in [0.1, 0.15) is 5.75 Å². The van der Waals surface area contributed by atoms with Crippen LogP contribution in [0.3, 0.4) is 0 Å². The van der Waals surface area contributed by atoms with Gasteiger partial charge in [-0.25, -0.2) is 0 Å². The molecule has 0 heterocycles. The van der Waals surface area contributed by atoms with Crippen molar-refractivity contribution in [2.45, 2.75) is 20.8 Å². The Hall–Kier alpha value is -1.51. The molecule has 0 fully saturated rings. The highest BCUT2D eigenvalue weighted by Gasteiger charge is 2.12. The van der Waals surface area contributed by atoms with Crippen LogP contribution in [0.15, 0.2) is 24.3 Å². The van der Waals surface area contributed by atoms with E-state index in [1.807, 2.05) is 0 Å². The number of hydrogen-bond donors (Lipinski definition) is 2. The van der Waals surface area contributed by atoms with Crippen molar-refractivity contribution >= 4 is 5.91 Å². The molecule has 0 atom stereocenters. The van der Waals surface area contributed by atoms with E-state index in [4.69, 9.17) is 0 Å². The summed E-state index contributed by atoms with van der Waals surface area (Å²) in [5.41, 5.74) is 0.547. The summed E-state index contributed by atoms with van der Waals surface area (Å²) in [6.07, 6.45) is 0. The minimum absolute atomic E-state index is 0.0620. The van der Waals surface area contributed by atoms with Crippen molar-refractivity contribution in [3.63, 3.8) is 0 Å². The van der Waals surface area contributed by atoms with Gasteiger partial charge in [0.25, 0.3) is 5.91 Å². The molecule has 0 aliphatic carbocycles. The average Bonchev–Trinajstić information content (AvgIpc) is 2.13. The van der Waals surface area contributed by atoms with Crippen molar-refractivity contribution in [2.24, 2.45) is 5.41 Å². The van der Waals surface area contributed by atoms with Crippen LogP contribution in [0.1, 0.15) is 31.1 Å². The third-order valence-electron chi connectivity index (χ3n) is 1.89. The molecule has 0 radical (unpaired) electrons. The Balaban J connectivity index is 2.62. The zero-order chi connectivity index (χ0) is 11.5. The molecular weight excluding hydrogens is 190 g/mol. The van der Waals surface area contributed by atoms with Crippen LogP contribution in [-0.2, 0) is 0 Å². The summed E-state index contributed by atoms with van der Waals surface area (Å²) in [6, 6.07) is 6.33. The van der Waals surface area contributed by atoms with Crippen LogP contribution in [0.25, 0.3) is 0 Å². The highest BCUT2D eigenvalue weighted by Crippen LogP contribution is 2.13. The van der Waals surface area contributed by atoms with Crippen LogP contribution in [0.5, 0.6) is 5.75 Å². The van der Waals surface area contributed by atoms with Crippen molar-refractivity contribution in [3.8, 4) is 5.75 Å². The first kappa shape index (κ1) is 11.6. The van der Waals surface area contributed by atoms with Gasteiger partial charge in [-0.05, 0) is 23.6 Å². The number of aromatic hydroxyl groups is 1. The lowest BCUT2D eigenvalue weighted by Crippen LogP contribution is -2.32. The molecule has 1 aromatic carbocycles. The number of amides is 1. The smallest absolute Gasteiger partial charge is 0.251 e.